The van der Waals surface area contributed by atoms with Gasteiger partial charge in [0.2, 0.25) is 5.91 Å². The summed E-state index contributed by atoms with van der Waals surface area (Å²) in [6, 6.07) is 15.8. The Morgan fingerprint density at radius 2 is 2.03 bits per heavy atom. The Kier molecular flexibility index (Phi) is 5.90. The van der Waals surface area contributed by atoms with Gasteiger partial charge < -0.3 is 9.72 Å². The van der Waals surface area contributed by atoms with E-state index in [0.717, 1.165) is 16.8 Å². The minimum absolute atomic E-state index is 0.0383. The van der Waals surface area contributed by atoms with Crippen molar-refractivity contribution in [3.63, 3.8) is 0 Å². The Hall–Kier alpha value is -3.06. The van der Waals surface area contributed by atoms with Crippen LogP contribution in [0.4, 0.5) is 5.69 Å². The third-order valence-corrected chi connectivity index (χ3v) is 6.28. The van der Waals surface area contributed by atoms with Gasteiger partial charge in [-0.3, -0.25) is 14.5 Å². The molecule has 0 aliphatic carbocycles. The van der Waals surface area contributed by atoms with Crippen LogP contribution in [-0.2, 0) is 20.7 Å². The van der Waals surface area contributed by atoms with Crippen molar-refractivity contribution in [2.75, 3.05) is 13.7 Å². The van der Waals surface area contributed by atoms with Gasteiger partial charge >= 0.3 is 5.97 Å². The zero-order valence-electron chi connectivity index (χ0n) is 16.9. The Morgan fingerprint density at radius 3 is 2.80 bits per heavy atom. The lowest BCUT2D eigenvalue weighted by atomic mass is 10.1. The first-order valence-electron chi connectivity index (χ1n) is 9.80. The summed E-state index contributed by atoms with van der Waals surface area (Å²) < 4.78 is 4.76. The summed E-state index contributed by atoms with van der Waals surface area (Å²) in [6.45, 7) is 2.56. The third-order valence-electron chi connectivity index (χ3n) is 5.11. The number of rotatable bonds is 6. The van der Waals surface area contributed by atoms with Crippen molar-refractivity contribution in [1.29, 1.82) is 0 Å². The Bertz CT molecular complexity index is 1110. The van der Waals surface area contributed by atoms with Crippen molar-refractivity contribution in [3.05, 3.63) is 65.9 Å². The second-order valence-electron chi connectivity index (χ2n) is 7.22. The molecule has 0 bridgehead atoms. The number of esters is 1. The second kappa shape index (κ2) is 8.75. The van der Waals surface area contributed by atoms with Crippen LogP contribution in [0.3, 0.4) is 0 Å². The van der Waals surface area contributed by atoms with E-state index in [1.807, 2.05) is 36.5 Å². The van der Waals surface area contributed by atoms with Crippen LogP contribution >= 0.6 is 11.8 Å². The molecule has 0 spiro atoms. The predicted octanol–water partition coefficient (Wildman–Crippen LogP) is 4.21. The number of benzene rings is 2. The van der Waals surface area contributed by atoms with Crippen molar-refractivity contribution in [3.8, 4) is 0 Å². The SMILES string of the molecule is COC(=O)C[C@H]1SC(=Nc2ccccc2)N(CCc2c[nH]c3ccc(C)cc23)C1=O. The molecule has 1 atom stereocenters. The number of nitrogens with zero attached hydrogens (tertiary/aromatic N) is 2. The fraction of sp³-hybridized carbons (Fsp3) is 0.261. The maximum atomic E-state index is 13.0. The molecule has 3 aromatic rings. The number of aromatic nitrogens is 1. The number of amidine groups is 1. The number of aryl methyl sites for hydroxylation is 1. The Balaban J connectivity index is 1.58. The molecule has 1 aliphatic heterocycles. The van der Waals surface area contributed by atoms with Crippen LogP contribution < -0.4 is 0 Å². The monoisotopic (exact) mass is 421 g/mol. The number of hydrogen-bond donors (Lipinski definition) is 1. The number of nitrogens with one attached hydrogen (secondary N) is 1. The zero-order chi connectivity index (χ0) is 21.1. The van der Waals surface area contributed by atoms with E-state index in [4.69, 9.17) is 4.74 Å². The van der Waals surface area contributed by atoms with Gasteiger partial charge in [0.15, 0.2) is 5.17 Å². The topological polar surface area (TPSA) is 74.8 Å². The molecule has 0 unspecified atom stereocenters. The van der Waals surface area contributed by atoms with Crippen LogP contribution in [-0.4, -0.2) is 45.8 Å². The minimum Gasteiger partial charge on any atom is -0.469 e. The van der Waals surface area contributed by atoms with E-state index in [1.54, 1.807) is 4.90 Å². The number of ether oxygens (including phenoxy) is 1. The number of aromatic amines is 1. The van der Waals surface area contributed by atoms with Crippen molar-refractivity contribution < 1.29 is 14.3 Å². The maximum Gasteiger partial charge on any atom is 0.307 e. The van der Waals surface area contributed by atoms with E-state index in [1.165, 1.54) is 29.8 Å². The molecule has 154 valence electrons. The molecule has 1 aliphatic rings. The quantitative estimate of drug-likeness (QED) is 0.605. The second-order valence-corrected chi connectivity index (χ2v) is 8.39. The molecule has 30 heavy (non-hydrogen) atoms. The first-order chi connectivity index (χ1) is 14.5. The van der Waals surface area contributed by atoms with Crippen LogP contribution in [0.1, 0.15) is 17.5 Å². The summed E-state index contributed by atoms with van der Waals surface area (Å²) in [7, 11) is 1.34. The van der Waals surface area contributed by atoms with Gasteiger partial charge in [0, 0.05) is 23.6 Å². The zero-order valence-corrected chi connectivity index (χ0v) is 17.7. The third kappa shape index (κ3) is 4.26. The molecular weight excluding hydrogens is 398 g/mol. The highest BCUT2D eigenvalue weighted by atomic mass is 32.2. The molecule has 0 saturated carbocycles. The van der Waals surface area contributed by atoms with Crippen molar-refractivity contribution >= 4 is 45.4 Å². The highest BCUT2D eigenvalue weighted by molar-refractivity contribution is 8.15. The highest BCUT2D eigenvalue weighted by Crippen LogP contribution is 2.32. The number of carbonyl (C=O) groups is 2. The summed E-state index contributed by atoms with van der Waals surface area (Å²) in [4.78, 5) is 34.5. The van der Waals surface area contributed by atoms with Gasteiger partial charge in [-0.05, 0) is 43.2 Å². The minimum atomic E-state index is -0.509. The van der Waals surface area contributed by atoms with Gasteiger partial charge in [0.1, 0.15) is 5.25 Å². The average molecular weight is 422 g/mol. The van der Waals surface area contributed by atoms with Gasteiger partial charge in [-0.2, -0.15) is 0 Å². The van der Waals surface area contributed by atoms with Gasteiger partial charge in [-0.1, -0.05) is 41.6 Å². The number of fused-ring (bicyclic) bond motifs is 1. The molecule has 7 heteroatoms. The molecule has 2 aromatic carbocycles. The summed E-state index contributed by atoms with van der Waals surface area (Å²) in [5.41, 5.74) is 4.21. The Morgan fingerprint density at radius 1 is 1.23 bits per heavy atom. The average Bonchev–Trinajstić information content (AvgIpc) is 3.27. The normalized spacial score (nSPS) is 17.8. The van der Waals surface area contributed by atoms with E-state index in [-0.39, 0.29) is 12.3 Å². The molecule has 1 aromatic heterocycles. The lowest BCUT2D eigenvalue weighted by Gasteiger charge is -2.16. The van der Waals surface area contributed by atoms with Gasteiger partial charge in [-0.25, -0.2) is 4.99 Å². The predicted molar refractivity (Wildman–Crippen MR) is 120 cm³/mol. The fourth-order valence-corrected chi connectivity index (χ4v) is 4.68. The molecule has 1 N–H and O–H groups in total. The molecule has 1 fully saturated rings. The number of para-hydroxylation sites is 1. The first-order valence-corrected chi connectivity index (χ1v) is 10.7. The van der Waals surface area contributed by atoms with Crippen molar-refractivity contribution in [1.82, 2.24) is 9.88 Å². The molecule has 4 rings (SSSR count). The number of H-pyrrole nitrogens is 1. The molecule has 1 amide bonds. The lowest BCUT2D eigenvalue weighted by Crippen LogP contribution is -2.34. The largest absolute Gasteiger partial charge is 0.469 e. The van der Waals surface area contributed by atoms with Crippen LogP contribution in [0.5, 0.6) is 0 Å². The number of carbonyl (C=O) groups excluding carboxylic acids is 2. The fourth-order valence-electron chi connectivity index (χ4n) is 3.51. The summed E-state index contributed by atoms with van der Waals surface area (Å²) >= 11 is 1.33. The van der Waals surface area contributed by atoms with Gasteiger partial charge in [-0.15, -0.1) is 0 Å². The van der Waals surface area contributed by atoms with Gasteiger partial charge in [0.25, 0.3) is 0 Å². The highest BCUT2D eigenvalue weighted by Gasteiger charge is 2.39. The summed E-state index contributed by atoms with van der Waals surface area (Å²) in [6.07, 6.45) is 2.73. The van der Waals surface area contributed by atoms with Crippen LogP contribution in [0.15, 0.2) is 59.7 Å². The van der Waals surface area contributed by atoms with Crippen molar-refractivity contribution in [2.24, 2.45) is 4.99 Å². The van der Waals surface area contributed by atoms with E-state index in [2.05, 4.69) is 35.1 Å². The molecule has 1 saturated heterocycles. The van der Waals surface area contributed by atoms with Crippen LogP contribution in [0.2, 0.25) is 0 Å². The van der Waals surface area contributed by atoms with Gasteiger partial charge in [0.05, 0.1) is 19.2 Å². The lowest BCUT2D eigenvalue weighted by molar-refractivity contribution is -0.142. The molecule has 6 nitrogen and oxygen atoms in total. The smallest absolute Gasteiger partial charge is 0.307 e. The number of amides is 1. The summed E-state index contributed by atoms with van der Waals surface area (Å²) in [5.74, 6) is -0.495. The van der Waals surface area contributed by atoms with Crippen LogP contribution in [0.25, 0.3) is 10.9 Å². The summed E-state index contributed by atoms with van der Waals surface area (Å²) in [5, 5.41) is 1.28. The van der Waals surface area contributed by atoms with E-state index in [9.17, 15) is 9.59 Å². The molecule has 2 heterocycles. The number of methoxy groups -OCH3 is 1. The van der Waals surface area contributed by atoms with E-state index in [0.29, 0.717) is 18.1 Å². The number of thioether (sulfide) groups is 1. The molecular formula is C23H23N3O3S. The first kappa shape index (κ1) is 20.2. The number of aliphatic imine (C=N–C) groups is 1. The standard InChI is InChI=1S/C23H23N3O3S/c1-15-8-9-19-18(12-15)16(14-24-19)10-11-26-22(28)20(13-21(27)29-2)30-23(26)25-17-6-4-3-5-7-17/h3-9,12,14,20,24H,10-11,13H2,1-2H3/t20-/m1/s1. The maximum absolute atomic E-state index is 13.0. The molecule has 0 radical (unpaired) electrons. The Labute approximate surface area is 179 Å². The van der Waals surface area contributed by atoms with Crippen LogP contribution in [0, 0.1) is 6.92 Å². The van der Waals surface area contributed by atoms with Crippen molar-refractivity contribution in [2.45, 2.75) is 25.0 Å². The van der Waals surface area contributed by atoms with E-state index < -0.39 is 11.2 Å². The van der Waals surface area contributed by atoms with E-state index >= 15 is 0 Å². The number of hydrogen-bond acceptors (Lipinski definition) is 5.